The molecule has 0 fully saturated rings. The molecule has 0 aliphatic carbocycles. The van der Waals surface area contributed by atoms with Gasteiger partial charge in [0, 0.05) is 18.2 Å². The molecule has 4 rings (SSSR count). The summed E-state index contributed by atoms with van der Waals surface area (Å²) in [6.45, 7) is 0.0235. The third-order valence-electron chi connectivity index (χ3n) is 5.09. The molecule has 0 saturated heterocycles. The van der Waals surface area contributed by atoms with E-state index in [-0.39, 0.29) is 30.4 Å². The van der Waals surface area contributed by atoms with Crippen LogP contribution in [0.15, 0.2) is 65.7 Å². The van der Waals surface area contributed by atoms with Gasteiger partial charge >= 0.3 is 0 Å². The van der Waals surface area contributed by atoms with Crippen LogP contribution >= 0.6 is 0 Å². The van der Waals surface area contributed by atoms with Crippen LogP contribution in [0.3, 0.4) is 0 Å². The average molecular weight is 472 g/mol. The van der Waals surface area contributed by atoms with E-state index in [4.69, 9.17) is 5.73 Å². The van der Waals surface area contributed by atoms with Gasteiger partial charge in [0.2, 0.25) is 0 Å². The average Bonchev–Trinajstić information content (AvgIpc) is 2.75. The van der Waals surface area contributed by atoms with Crippen LogP contribution in [0.25, 0.3) is 11.3 Å². The Balaban J connectivity index is 1.70. The van der Waals surface area contributed by atoms with Crippen LogP contribution in [0.1, 0.15) is 11.3 Å². The van der Waals surface area contributed by atoms with Crippen molar-refractivity contribution < 1.29 is 17.2 Å². The van der Waals surface area contributed by atoms with Crippen molar-refractivity contribution in [3.8, 4) is 11.3 Å². The number of benzene rings is 2. The summed E-state index contributed by atoms with van der Waals surface area (Å²) in [7, 11) is -3.21. The van der Waals surface area contributed by atoms with Gasteiger partial charge in [0.25, 0.3) is 0 Å². The molecule has 2 aromatic carbocycles. The first-order chi connectivity index (χ1) is 15.6. The normalized spacial score (nSPS) is 19.0. The van der Waals surface area contributed by atoms with Gasteiger partial charge in [-0.05, 0) is 54.1 Å². The summed E-state index contributed by atoms with van der Waals surface area (Å²) in [5.41, 5.74) is 9.73. The fourth-order valence-electron chi connectivity index (χ4n) is 3.51. The number of rotatable bonds is 6. The molecule has 1 aliphatic heterocycles. The first-order valence-electron chi connectivity index (χ1n) is 10.2. The highest BCUT2D eigenvalue weighted by Crippen LogP contribution is 2.27. The third kappa shape index (κ3) is 5.71. The number of hydrogen-bond acceptors (Lipinski definition) is 6. The van der Waals surface area contributed by atoms with Crippen LogP contribution < -0.4 is 16.4 Å². The molecular formula is C23H23F2N5O2S. The number of aliphatic imine (C=N–C) groups is 1. The highest BCUT2D eigenvalue weighted by Gasteiger charge is 2.34. The van der Waals surface area contributed by atoms with Gasteiger partial charge < -0.3 is 10.6 Å². The highest BCUT2D eigenvalue weighted by atomic mass is 32.2. The zero-order valence-electron chi connectivity index (χ0n) is 17.8. The lowest BCUT2D eigenvalue weighted by Crippen LogP contribution is -2.65. The minimum atomic E-state index is -3.21. The third-order valence-corrected chi connectivity index (χ3v) is 6.01. The van der Waals surface area contributed by atoms with Crippen LogP contribution in [-0.4, -0.2) is 43.6 Å². The molecule has 0 amide bonds. The van der Waals surface area contributed by atoms with E-state index >= 15 is 0 Å². The number of amidine groups is 1. The molecule has 0 bridgehead atoms. The molecule has 172 valence electrons. The van der Waals surface area contributed by atoms with Crippen molar-refractivity contribution in [2.45, 2.75) is 12.2 Å². The number of hydrogen-bond donors (Lipinski definition) is 3. The Morgan fingerprint density at radius 3 is 2.24 bits per heavy atom. The van der Waals surface area contributed by atoms with Gasteiger partial charge in [0.05, 0.1) is 23.7 Å². The van der Waals surface area contributed by atoms with Gasteiger partial charge in [-0.3, -0.25) is 10.7 Å². The number of sulfone groups is 1. The van der Waals surface area contributed by atoms with Crippen LogP contribution in [0, 0.1) is 11.6 Å². The maximum atomic E-state index is 13.3. The predicted octanol–water partition coefficient (Wildman–Crippen LogP) is 2.69. The minimum Gasteiger partial charge on any atom is -0.349 e. The SMILES string of the molecule is CS(=O)(=O)CCN=C1NC(N)(Cc2ccc(F)cc2)Nc2ccc(-c3ccc(F)cc3)nc21. The number of aromatic nitrogens is 1. The lowest BCUT2D eigenvalue weighted by Gasteiger charge is -2.38. The molecule has 1 atom stereocenters. The molecule has 4 N–H and O–H groups in total. The van der Waals surface area contributed by atoms with Gasteiger partial charge in [0.1, 0.15) is 27.2 Å². The second-order valence-electron chi connectivity index (χ2n) is 7.98. The first-order valence-corrected chi connectivity index (χ1v) is 12.3. The topological polar surface area (TPSA) is 109 Å². The fraction of sp³-hybridized carbons (Fsp3) is 0.217. The largest absolute Gasteiger partial charge is 0.349 e. The molecule has 2 heterocycles. The van der Waals surface area contributed by atoms with Crippen molar-refractivity contribution in [3.63, 3.8) is 0 Å². The van der Waals surface area contributed by atoms with Crippen LogP contribution in [0.5, 0.6) is 0 Å². The van der Waals surface area contributed by atoms with E-state index in [0.717, 1.165) is 11.8 Å². The lowest BCUT2D eigenvalue weighted by atomic mass is 10.0. The zero-order chi connectivity index (χ0) is 23.6. The van der Waals surface area contributed by atoms with Gasteiger partial charge in [-0.15, -0.1) is 0 Å². The number of pyridine rings is 1. The van der Waals surface area contributed by atoms with E-state index in [1.54, 1.807) is 36.4 Å². The Bertz CT molecular complexity index is 1300. The summed E-state index contributed by atoms with van der Waals surface area (Å²) >= 11 is 0. The molecule has 1 aromatic heterocycles. The summed E-state index contributed by atoms with van der Waals surface area (Å²) in [6, 6.07) is 15.5. The molecule has 33 heavy (non-hydrogen) atoms. The minimum absolute atomic E-state index is 0.0235. The molecule has 0 radical (unpaired) electrons. The van der Waals surface area contributed by atoms with Crippen molar-refractivity contribution in [2.24, 2.45) is 10.7 Å². The summed E-state index contributed by atoms with van der Waals surface area (Å²) < 4.78 is 49.8. The molecule has 0 saturated carbocycles. The Morgan fingerprint density at radius 2 is 1.61 bits per heavy atom. The van der Waals surface area contributed by atoms with Crippen molar-refractivity contribution in [1.82, 2.24) is 10.3 Å². The van der Waals surface area contributed by atoms with Crippen molar-refractivity contribution in [1.29, 1.82) is 0 Å². The molecule has 0 spiro atoms. The van der Waals surface area contributed by atoms with E-state index in [1.807, 2.05) is 0 Å². The first kappa shape index (κ1) is 22.8. The van der Waals surface area contributed by atoms with E-state index in [9.17, 15) is 17.2 Å². The number of anilines is 1. The number of nitrogens with zero attached hydrogens (tertiary/aromatic N) is 2. The van der Waals surface area contributed by atoms with E-state index < -0.39 is 15.6 Å². The molecule has 1 aliphatic rings. The monoisotopic (exact) mass is 471 g/mol. The summed E-state index contributed by atoms with van der Waals surface area (Å²) in [6.07, 6.45) is 1.43. The van der Waals surface area contributed by atoms with Crippen molar-refractivity contribution in [3.05, 3.63) is 83.6 Å². The molecule has 3 aromatic rings. The van der Waals surface area contributed by atoms with Gasteiger partial charge in [-0.25, -0.2) is 22.2 Å². The van der Waals surface area contributed by atoms with E-state index in [2.05, 4.69) is 20.6 Å². The maximum absolute atomic E-state index is 13.3. The summed E-state index contributed by atoms with van der Waals surface area (Å²) in [4.78, 5) is 9.09. The lowest BCUT2D eigenvalue weighted by molar-refractivity contribution is 0.439. The fourth-order valence-corrected chi connectivity index (χ4v) is 3.94. The summed E-state index contributed by atoms with van der Waals surface area (Å²) in [5, 5.41) is 6.34. The molecule has 1 unspecified atom stereocenters. The predicted molar refractivity (Wildman–Crippen MR) is 125 cm³/mol. The van der Waals surface area contributed by atoms with Crippen LogP contribution in [0.4, 0.5) is 14.5 Å². The van der Waals surface area contributed by atoms with E-state index in [1.165, 1.54) is 24.3 Å². The molecular weight excluding hydrogens is 448 g/mol. The van der Waals surface area contributed by atoms with Crippen molar-refractivity contribution >= 4 is 21.4 Å². The number of nitrogens with two attached hydrogens (primary N) is 1. The van der Waals surface area contributed by atoms with Crippen molar-refractivity contribution in [2.75, 3.05) is 23.9 Å². The standard InChI is InChI=1S/C23H23F2N5O2S/c1-33(31,32)13-12-27-22-21-20(11-10-19(28-21)16-4-8-18(25)9-5-16)29-23(26,30-22)14-15-2-6-17(24)7-3-15/h2-11,29H,12-14,26H2,1H3,(H,27,30). The smallest absolute Gasteiger partial charge is 0.167 e. The Morgan fingerprint density at radius 1 is 0.970 bits per heavy atom. The zero-order valence-corrected chi connectivity index (χ0v) is 18.7. The number of halogens is 2. The quantitative estimate of drug-likeness (QED) is 0.510. The number of nitrogens with one attached hydrogen (secondary N) is 2. The van der Waals surface area contributed by atoms with Crippen LogP contribution in [-0.2, 0) is 16.3 Å². The Kier molecular flexibility index (Phi) is 6.13. The van der Waals surface area contributed by atoms with E-state index in [0.29, 0.717) is 28.5 Å². The Hall–Kier alpha value is -3.37. The molecule has 7 nitrogen and oxygen atoms in total. The van der Waals surface area contributed by atoms with Gasteiger partial charge in [-0.2, -0.15) is 0 Å². The van der Waals surface area contributed by atoms with Gasteiger partial charge in [-0.1, -0.05) is 12.1 Å². The highest BCUT2D eigenvalue weighted by molar-refractivity contribution is 7.90. The number of fused-ring (bicyclic) bond motifs is 1. The maximum Gasteiger partial charge on any atom is 0.167 e. The Labute approximate surface area is 190 Å². The van der Waals surface area contributed by atoms with Crippen LogP contribution in [0.2, 0.25) is 0 Å². The van der Waals surface area contributed by atoms with Gasteiger partial charge in [0.15, 0.2) is 11.6 Å². The summed E-state index contributed by atoms with van der Waals surface area (Å²) in [5.74, 6) is -1.67. The second kappa shape index (κ2) is 8.87. The second-order valence-corrected chi connectivity index (χ2v) is 10.2. The molecule has 10 heteroatoms.